The first-order valence-electron chi connectivity index (χ1n) is 5.57. The lowest BCUT2D eigenvalue weighted by atomic mass is 10.1. The second-order valence-electron chi connectivity index (χ2n) is 3.91. The third kappa shape index (κ3) is 3.68. The zero-order valence-electron chi connectivity index (χ0n) is 9.37. The van der Waals surface area contributed by atoms with E-state index in [1.807, 2.05) is 4.90 Å². The molecule has 3 N–H and O–H groups in total. The van der Waals surface area contributed by atoms with Gasteiger partial charge in [0.2, 0.25) is 0 Å². The maximum atomic E-state index is 11.5. The van der Waals surface area contributed by atoms with Crippen molar-refractivity contribution in [2.75, 3.05) is 20.2 Å². The molecule has 0 aromatic heterocycles. The molecule has 1 atom stereocenters. The van der Waals surface area contributed by atoms with Gasteiger partial charge in [0.1, 0.15) is 0 Å². The molecule has 1 heterocycles. The molecular weight excluding hydrogens is 194 g/mol. The molecule has 0 radical (unpaired) electrons. The van der Waals surface area contributed by atoms with Crippen molar-refractivity contribution in [3.63, 3.8) is 0 Å². The number of likely N-dealkylation sites (tertiary alicyclic amines) is 1. The Labute approximate surface area is 90.9 Å². The van der Waals surface area contributed by atoms with Crippen molar-refractivity contribution in [1.82, 2.24) is 10.3 Å². The molecule has 5 nitrogen and oxygen atoms in total. The maximum Gasteiger partial charge on any atom is 0.409 e. The van der Waals surface area contributed by atoms with Crippen LogP contribution in [-0.2, 0) is 4.74 Å². The van der Waals surface area contributed by atoms with Crippen LogP contribution in [0.1, 0.15) is 32.1 Å². The van der Waals surface area contributed by atoms with Gasteiger partial charge >= 0.3 is 6.09 Å². The Balaban J connectivity index is 2.54. The first-order chi connectivity index (χ1) is 7.29. The van der Waals surface area contributed by atoms with Crippen molar-refractivity contribution in [1.29, 1.82) is 0 Å². The van der Waals surface area contributed by atoms with Crippen LogP contribution in [0.25, 0.3) is 0 Å². The Morgan fingerprint density at radius 1 is 1.53 bits per heavy atom. The minimum atomic E-state index is -0.209. The molecule has 1 aliphatic rings. The molecule has 1 saturated heterocycles. The van der Waals surface area contributed by atoms with Gasteiger partial charge in [-0.2, -0.15) is 0 Å². The van der Waals surface area contributed by atoms with Gasteiger partial charge in [0.15, 0.2) is 0 Å². The van der Waals surface area contributed by atoms with Crippen LogP contribution in [-0.4, -0.2) is 37.2 Å². The predicted octanol–water partition coefficient (Wildman–Crippen LogP) is 0.851. The lowest BCUT2D eigenvalue weighted by Crippen LogP contribution is -2.42. The second-order valence-corrected chi connectivity index (χ2v) is 3.91. The molecule has 0 aromatic rings. The molecule has 1 unspecified atom stereocenters. The highest BCUT2D eigenvalue weighted by atomic mass is 16.5. The summed E-state index contributed by atoms with van der Waals surface area (Å²) in [6, 6.07) is 0.274. The van der Waals surface area contributed by atoms with Crippen LogP contribution in [0.3, 0.4) is 0 Å². The summed E-state index contributed by atoms with van der Waals surface area (Å²) in [5.41, 5.74) is 2.63. The molecule has 88 valence electrons. The van der Waals surface area contributed by atoms with Gasteiger partial charge in [0, 0.05) is 19.1 Å². The lowest BCUT2D eigenvalue weighted by molar-refractivity contribution is 0.103. The largest absolute Gasteiger partial charge is 0.453 e. The van der Waals surface area contributed by atoms with Gasteiger partial charge < -0.3 is 9.64 Å². The fraction of sp³-hybridized carbons (Fsp3) is 0.900. The summed E-state index contributed by atoms with van der Waals surface area (Å²) in [5.74, 6) is 5.25. The minimum absolute atomic E-state index is 0.209. The molecule has 1 rings (SSSR count). The number of rotatable bonds is 3. The standard InChI is InChI=1S/C10H21N3O2/c1-15-10(14)13-8-4-2-3-5-9(13)6-7-12-11/h9,12H,2-8,11H2,1H3. The number of nitrogens with two attached hydrogens (primary N) is 1. The van der Waals surface area contributed by atoms with Gasteiger partial charge in [0.25, 0.3) is 0 Å². The zero-order valence-corrected chi connectivity index (χ0v) is 9.37. The molecule has 0 aliphatic carbocycles. The van der Waals surface area contributed by atoms with E-state index in [0.29, 0.717) is 0 Å². The summed E-state index contributed by atoms with van der Waals surface area (Å²) < 4.78 is 4.79. The van der Waals surface area contributed by atoms with Crippen LogP contribution in [0.4, 0.5) is 4.79 Å². The summed E-state index contributed by atoms with van der Waals surface area (Å²) in [7, 11) is 1.44. The van der Waals surface area contributed by atoms with E-state index in [4.69, 9.17) is 10.6 Å². The van der Waals surface area contributed by atoms with Crippen LogP contribution in [0, 0.1) is 0 Å². The van der Waals surface area contributed by atoms with Gasteiger partial charge in [-0.05, 0) is 19.3 Å². The van der Waals surface area contributed by atoms with Gasteiger partial charge in [-0.1, -0.05) is 12.8 Å². The molecular formula is C10H21N3O2. The normalized spacial score (nSPS) is 22.3. The number of ether oxygens (including phenoxy) is 1. The fourth-order valence-corrected chi connectivity index (χ4v) is 2.09. The molecule has 15 heavy (non-hydrogen) atoms. The van der Waals surface area contributed by atoms with Crippen molar-refractivity contribution in [2.45, 2.75) is 38.1 Å². The number of methoxy groups -OCH3 is 1. The highest BCUT2D eigenvalue weighted by Gasteiger charge is 2.25. The first kappa shape index (κ1) is 12.3. The molecule has 1 amide bonds. The lowest BCUT2D eigenvalue weighted by Gasteiger charge is -2.28. The molecule has 0 spiro atoms. The summed E-state index contributed by atoms with van der Waals surface area (Å²) in [5, 5.41) is 0. The number of nitrogens with one attached hydrogen (secondary N) is 1. The van der Waals surface area contributed by atoms with Crippen molar-refractivity contribution in [3.05, 3.63) is 0 Å². The SMILES string of the molecule is COC(=O)N1CCCCCC1CCNN. The molecule has 0 bridgehead atoms. The zero-order chi connectivity index (χ0) is 11.1. The number of hydrogen-bond donors (Lipinski definition) is 2. The van der Waals surface area contributed by atoms with Crippen molar-refractivity contribution >= 4 is 6.09 Å². The van der Waals surface area contributed by atoms with E-state index in [9.17, 15) is 4.79 Å². The van der Waals surface area contributed by atoms with Gasteiger partial charge in [0.05, 0.1) is 7.11 Å². The second kappa shape index (κ2) is 6.63. The maximum absolute atomic E-state index is 11.5. The van der Waals surface area contributed by atoms with E-state index in [1.165, 1.54) is 20.0 Å². The summed E-state index contributed by atoms with van der Waals surface area (Å²) >= 11 is 0. The van der Waals surface area contributed by atoms with Crippen molar-refractivity contribution in [3.8, 4) is 0 Å². The number of carbonyl (C=O) groups excluding carboxylic acids is 1. The Hall–Kier alpha value is -0.810. The van der Waals surface area contributed by atoms with Crippen LogP contribution in [0.5, 0.6) is 0 Å². The highest BCUT2D eigenvalue weighted by Crippen LogP contribution is 2.19. The smallest absolute Gasteiger partial charge is 0.409 e. The quantitative estimate of drug-likeness (QED) is 0.541. The predicted molar refractivity (Wildman–Crippen MR) is 58.2 cm³/mol. The fourth-order valence-electron chi connectivity index (χ4n) is 2.09. The average Bonchev–Trinajstić information content (AvgIpc) is 2.50. The molecule has 1 aliphatic heterocycles. The van der Waals surface area contributed by atoms with Gasteiger partial charge in [-0.15, -0.1) is 0 Å². The Morgan fingerprint density at radius 2 is 2.33 bits per heavy atom. The molecule has 5 heteroatoms. The van der Waals surface area contributed by atoms with E-state index in [-0.39, 0.29) is 12.1 Å². The molecule has 0 aromatic carbocycles. The Bertz CT molecular complexity index is 199. The van der Waals surface area contributed by atoms with E-state index in [1.54, 1.807) is 0 Å². The van der Waals surface area contributed by atoms with Crippen LogP contribution in [0.2, 0.25) is 0 Å². The Kier molecular flexibility index (Phi) is 5.42. The summed E-state index contributed by atoms with van der Waals surface area (Å²) in [6.07, 6.45) is 5.19. The highest BCUT2D eigenvalue weighted by molar-refractivity contribution is 5.67. The van der Waals surface area contributed by atoms with Crippen LogP contribution >= 0.6 is 0 Å². The molecule has 1 fully saturated rings. The third-order valence-corrected chi connectivity index (χ3v) is 2.91. The number of amides is 1. The average molecular weight is 215 g/mol. The monoisotopic (exact) mass is 215 g/mol. The van der Waals surface area contributed by atoms with E-state index in [2.05, 4.69) is 5.43 Å². The number of hydrogen-bond acceptors (Lipinski definition) is 4. The van der Waals surface area contributed by atoms with E-state index >= 15 is 0 Å². The minimum Gasteiger partial charge on any atom is -0.453 e. The Morgan fingerprint density at radius 3 is 3.00 bits per heavy atom. The van der Waals surface area contributed by atoms with Crippen LogP contribution in [0.15, 0.2) is 0 Å². The van der Waals surface area contributed by atoms with E-state index in [0.717, 1.165) is 32.4 Å². The third-order valence-electron chi connectivity index (χ3n) is 2.91. The molecule has 0 saturated carbocycles. The van der Waals surface area contributed by atoms with Crippen LogP contribution < -0.4 is 11.3 Å². The number of hydrazine groups is 1. The van der Waals surface area contributed by atoms with Crippen molar-refractivity contribution in [2.24, 2.45) is 5.84 Å². The van der Waals surface area contributed by atoms with Crippen molar-refractivity contribution < 1.29 is 9.53 Å². The van der Waals surface area contributed by atoms with Gasteiger partial charge in [-0.3, -0.25) is 11.3 Å². The summed E-state index contributed by atoms with van der Waals surface area (Å²) in [4.78, 5) is 13.4. The summed E-state index contributed by atoms with van der Waals surface area (Å²) in [6.45, 7) is 1.54. The number of carbonyl (C=O) groups is 1. The number of nitrogens with zero attached hydrogens (tertiary/aromatic N) is 1. The topological polar surface area (TPSA) is 67.6 Å². The van der Waals surface area contributed by atoms with Gasteiger partial charge in [-0.25, -0.2) is 4.79 Å². The first-order valence-corrected chi connectivity index (χ1v) is 5.57. The van der Waals surface area contributed by atoms with E-state index < -0.39 is 0 Å².